The van der Waals surface area contributed by atoms with Gasteiger partial charge in [0.15, 0.2) is 0 Å². The van der Waals surface area contributed by atoms with Gasteiger partial charge in [0.1, 0.15) is 0 Å². The van der Waals surface area contributed by atoms with Crippen LogP contribution in [-0.4, -0.2) is 31.1 Å². The Balaban J connectivity index is 3.20. The lowest BCUT2D eigenvalue weighted by Gasteiger charge is -2.10. The Morgan fingerprint density at radius 3 is 2.47 bits per heavy atom. The summed E-state index contributed by atoms with van der Waals surface area (Å²) in [7, 11) is 2.61. The number of carbonyl (C=O) groups excluding carboxylic acids is 2. The highest BCUT2D eigenvalue weighted by atomic mass is 16.5. The summed E-state index contributed by atoms with van der Waals surface area (Å²) in [6.45, 7) is 1.93. The molecule has 5 heteroatoms. The molecule has 17 heavy (non-hydrogen) atoms. The predicted molar refractivity (Wildman–Crippen MR) is 60.7 cm³/mol. The molecule has 0 bridgehead atoms. The Kier molecular flexibility index (Phi) is 4.63. The van der Waals surface area contributed by atoms with E-state index in [0.717, 1.165) is 5.56 Å². The Bertz CT molecular complexity index is 429. The van der Waals surface area contributed by atoms with E-state index in [9.17, 15) is 9.59 Å². The summed E-state index contributed by atoms with van der Waals surface area (Å²) in [5.74, 6) is -0.886. The van der Waals surface area contributed by atoms with Crippen molar-refractivity contribution >= 4 is 11.9 Å². The monoisotopic (exact) mass is 237 g/mol. The van der Waals surface area contributed by atoms with Crippen LogP contribution in [0.3, 0.4) is 0 Å². The van der Waals surface area contributed by atoms with Crippen LogP contribution in [0, 0.1) is 0 Å². The molecule has 1 rings (SSSR count). The first-order valence-electron chi connectivity index (χ1n) is 5.24. The van der Waals surface area contributed by atoms with Crippen molar-refractivity contribution in [1.82, 2.24) is 4.98 Å². The topological polar surface area (TPSA) is 65.5 Å². The van der Waals surface area contributed by atoms with Crippen molar-refractivity contribution in [3.63, 3.8) is 0 Å². The van der Waals surface area contributed by atoms with Crippen LogP contribution in [0.25, 0.3) is 0 Å². The molecule has 0 aliphatic carbocycles. The van der Waals surface area contributed by atoms with Crippen LogP contribution in [-0.2, 0) is 27.1 Å². The third-order valence-electron chi connectivity index (χ3n) is 2.48. The lowest BCUT2D eigenvalue weighted by Crippen LogP contribution is -2.14. The second-order valence-electron chi connectivity index (χ2n) is 3.42. The van der Waals surface area contributed by atoms with Crippen LogP contribution in [0.5, 0.6) is 0 Å². The average Bonchev–Trinajstić information content (AvgIpc) is 2.37. The van der Waals surface area contributed by atoms with E-state index in [1.807, 2.05) is 6.92 Å². The molecule has 0 aliphatic rings. The molecule has 0 unspecified atom stereocenters. The summed E-state index contributed by atoms with van der Waals surface area (Å²) < 4.78 is 9.27. The zero-order chi connectivity index (χ0) is 12.8. The van der Waals surface area contributed by atoms with E-state index in [2.05, 4.69) is 14.5 Å². The van der Waals surface area contributed by atoms with Crippen molar-refractivity contribution in [2.45, 2.75) is 19.8 Å². The van der Waals surface area contributed by atoms with Gasteiger partial charge in [0.25, 0.3) is 0 Å². The molecule has 0 aliphatic heterocycles. The summed E-state index contributed by atoms with van der Waals surface area (Å²) in [6, 6.07) is 0. The first-order valence-corrected chi connectivity index (χ1v) is 5.24. The number of pyridine rings is 1. The Morgan fingerprint density at radius 1 is 1.24 bits per heavy atom. The van der Waals surface area contributed by atoms with Gasteiger partial charge in [0, 0.05) is 12.4 Å². The highest BCUT2D eigenvalue weighted by Gasteiger charge is 2.18. The molecule has 1 heterocycles. The minimum atomic E-state index is -0.494. The van der Waals surface area contributed by atoms with E-state index < -0.39 is 11.9 Å². The van der Waals surface area contributed by atoms with Crippen molar-refractivity contribution in [1.29, 1.82) is 0 Å². The van der Waals surface area contributed by atoms with Crippen molar-refractivity contribution in [2.75, 3.05) is 14.2 Å². The molecule has 0 fully saturated rings. The number of aryl methyl sites for hydroxylation is 1. The highest BCUT2D eigenvalue weighted by Crippen LogP contribution is 2.16. The van der Waals surface area contributed by atoms with Crippen molar-refractivity contribution in [2.24, 2.45) is 0 Å². The molecule has 0 N–H and O–H groups in total. The standard InChI is InChI=1S/C12H15NO4/c1-4-8-6-13-7-10(12(15)17-3)9(8)5-11(14)16-2/h6-7H,4-5H2,1-3H3. The second-order valence-corrected chi connectivity index (χ2v) is 3.42. The number of methoxy groups -OCH3 is 2. The smallest absolute Gasteiger partial charge is 0.339 e. The van der Waals surface area contributed by atoms with E-state index in [1.54, 1.807) is 6.20 Å². The summed E-state index contributed by atoms with van der Waals surface area (Å²) in [5.41, 5.74) is 1.79. The molecule has 0 radical (unpaired) electrons. The van der Waals surface area contributed by atoms with Crippen LogP contribution in [0.1, 0.15) is 28.4 Å². The molecule has 0 amide bonds. The lowest BCUT2D eigenvalue weighted by molar-refractivity contribution is -0.139. The van der Waals surface area contributed by atoms with Gasteiger partial charge in [-0.15, -0.1) is 0 Å². The fourth-order valence-electron chi connectivity index (χ4n) is 1.55. The van der Waals surface area contributed by atoms with Gasteiger partial charge in [-0.1, -0.05) is 6.92 Å². The zero-order valence-corrected chi connectivity index (χ0v) is 10.1. The second kappa shape index (κ2) is 5.98. The molecule has 0 saturated carbocycles. The number of hydrogen-bond donors (Lipinski definition) is 0. The van der Waals surface area contributed by atoms with Gasteiger partial charge in [-0.25, -0.2) is 4.79 Å². The van der Waals surface area contributed by atoms with Gasteiger partial charge >= 0.3 is 11.9 Å². The van der Waals surface area contributed by atoms with E-state index >= 15 is 0 Å². The molecule has 1 aromatic rings. The van der Waals surface area contributed by atoms with E-state index in [0.29, 0.717) is 17.5 Å². The quantitative estimate of drug-likeness (QED) is 0.735. The van der Waals surface area contributed by atoms with Crippen LogP contribution in [0.2, 0.25) is 0 Å². The van der Waals surface area contributed by atoms with E-state index in [1.165, 1.54) is 20.4 Å². The van der Waals surface area contributed by atoms with Crippen molar-refractivity contribution in [3.8, 4) is 0 Å². The van der Waals surface area contributed by atoms with Gasteiger partial charge < -0.3 is 9.47 Å². The van der Waals surface area contributed by atoms with Crippen LogP contribution >= 0.6 is 0 Å². The third kappa shape index (κ3) is 3.03. The number of rotatable bonds is 4. The number of ether oxygens (including phenoxy) is 2. The number of esters is 2. The maximum Gasteiger partial charge on any atom is 0.339 e. The normalized spacial score (nSPS) is 9.82. The lowest BCUT2D eigenvalue weighted by atomic mass is 10.00. The number of nitrogens with zero attached hydrogens (tertiary/aromatic N) is 1. The number of hydrogen-bond acceptors (Lipinski definition) is 5. The SMILES string of the molecule is CCc1cncc(C(=O)OC)c1CC(=O)OC. The van der Waals surface area contributed by atoms with Crippen LogP contribution in [0.15, 0.2) is 12.4 Å². The molecule has 5 nitrogen and oxygen atoms in total. The summed E-state index contributed by atoms with van der Waals surface area (Å²) in [5, 5.41) is 0. The Labute approximate surface area is 99.8 Å². The van der Waals surface area contributed by atoms with Gasteiger partial charge in [-0.3, -0.25) is 9.78 Å². The highest BCUT2D eigenvalue weighted by molar-refractivity contribution is 5.92. The fraction of sp³-hybridized carbons (Fsp3) is 0.417. The number of aromatic nitrogens is 1. The Morgan fingerprint density at radius 2 is 1.94 bits per heavy atom. The van der Waals surface area contributed by atoms with Gasteiger partial charge in [0.05, 0.1) is 26.2 Å². The Hall–Kier alpha value is -1.91. The maximum atomic E-state index is 11.6. The molecular weight excluding hydrogens is 222 g/mol. The molecule has 1 aromatic heterocycles. The zero-order valence-electron chi connectivity index (χ0n) is 10.1. The van der Waals surface area contributed by atoms with Gasteiger partial charge in [-0.2, -0.15) is 0 Å². The fourth-order valence-corrected chi connectivity index (χ4v) is 1.55. The molecular formula is C12H15NO4. The molecule has 0 aromatic carbocycles. The van der Waals surface area contributed by atoms with Gasteiger partial charge in [0.2, 0.25) is 0 Å². The van der Waals surface area contributed by atoms with Crippen molar-refractivity contribution in [3.05, 3.63) is 29.1 Å². The molecule has 0 atom stereocenters. The average molecular weight is 237 g/mol. The summed E-state index contributed by atoms with van der Waals surface area (Å²) >= 11 is 0. The van der Waals surface area contributed by atoms with E-state index in [-0.39, 0.29) is 6.42 Å². The largest absolute Gasteiger partial charge is 0.469 e. The molecule has 0 spiro atoms. The van der Waals surface area contributed by atoms with Crippen LogP contribution < -0.4 is 0 Å². The third-order valence-corrected chi connectivity index (χ3v) is 2.48. The molecule has 92 valence electrons. The summed E-state index contributed by atoms with van der Waals surface area (Å²) in [4.78, 5) is 26.8. The molecule has 0 saturated heterocycles. The minimum absolute atomic E-state index is 0.0482. The summed E-state index contributed by atoms with van der Waals surface area (Å²) in [6.07, 6.45) is 3.78. The number of carbonyl (C=O) groups is 2. The predicted octanol–water partition coefficient (Wildman–Crippen LogP) is 1.15. The maximum absolute atomic E-state index is 11.6. The first kappa shape index (κ1) is 13.2. The van der Waals surface area contributed by atoms with Gasteiger partial charge in [-0.05, 0) is 17.5 Å². The van der Waals surface area contributed by atoms with Crippen molar-refractivity contribution < 1.29 is 19.1 Å². The first-order chi connectivity index (χ1) is 8.13. The minimum Gasteiger partial charge on any atom is -0.469 e. The van der Waals surface area contributed by atoms with Crippen LogP contribution in [0.4, 0.5) is 0 Å². The van der Waals surface area contributed by atoms with E-state index in [4.69, 9.17) is 0 Å².